The molecule has 0 fully saturated rings. The Hall–Kier alpha value is -2.49. The second-order valence-electron chi connectivity index (χ2n) is 4.65. The van der Waals surface area contributed by atoms with Crippen molar-refractivity contribution in [1.29, 1.82) is 0 Å². The lowest BCUT2D eigenvalue weighted by Gasteiger charge is -2.28. The second kappa shape index (κ2) is 4.89. The molecule has 102 valence electrons. The van der Waals surface area contributed by atoms with Crippen LogP contribution in [0.3, 0.4) is 0 Å². The SMILES string of the molecule is COc1ccc2c(c1)-c1ccccc1C(CC(=O)O)O2. The number of ether oxygens (including phenoxy) is 2. The van der Waals surface area contributed by atoms with E-state index < -0.39 is 12.1 Å². The third-order valence-electron chi connectivity index (χ3n) is 3.41. The van der Waals surface area contributed by atoms with Crippen LogP contribution in [0.1, 0.15) is 18.1 Å². The topological polar surface area (TPSA) is 55.8 Å². The summed E-state index contributed by atoms with van der Waals surface area (Å²) in [5, 5.41) is 9.02. The van der Waals surface area contributed by atoms with Gasteiger partial charge in [0.25, 0.3) is 0 Å². The van der Waals surface area contributed by atoms with Crippen LogP contribution in [0.4, 0.5) is 0 Å². The number of benzene rings is 2. The summed E-state index contributed by atoms with van der Waals surface area (Å²) in [7, 11) is 1.62. The zero-order valence-corrected chi connectivity index (χ0v) is 11.0. The fourth-order valence-electron chi connectivity index (χ4n) is 2.50. The van der Waals surface area contributed by atoms with E-state index in [0.717, 1.165) is 22.4 Å². The van der Waals surface area contributed by atoms with Crippen LogP contribution in [0.2, 0.25) is 0 Å². The van der Waals surface area contributed by atoms with Crippen LogP contribution in [0.15, 0.2) is 42.5 Å². The molecule has 1 aliphatic heterocycles. The van der Waals surface area contributed by atoms with E-state index in [2.05, 4.69) is 0 Å². The van der Waals surface area contributed by atoms with Gasteiger partial charge in [0, 0.05) is 11.1 Å². The van der Waals surface area contributed by atoms with Gasteiger partial charge < -0.3 is 14.6 Å². The lowest BCUT2D eigenvalue weighted by atomic mass is 9.91. The van der Waals surface area contributed by atoms with Crippen LogP contribution >= 0.6 is 0 Å². The summed E-state index contributed by atoms with van der Waals surface area (Å²) in [4.78, 5) is 11.0. The molecule has 0 bridgehead atoms. The first-order valence-corrected chi connectivity index (χ1v) is 6.35. The quantitative estimate of drug-likeness (QED) is 0.930. The van der Waals surface area contributed by atoms with E-state index in [1.165, 1.54) is 0 Å². The molecule has 0 aliphatic carbocycles. The summed E-state index contributed by atoms with van der Waals surface area (Å²) in [6.45, 7) is 0. The average molecular weight is 270 g/mol. The van der Waals surface area contributed by atoms with E-state index in [4.69, 9.17) is 14.6 Å². The molecule has 1 N–H and O–H groups in total. The molecular formula is C16H14O4. The molecule has 3 rings (SSSR count). The van der Waals surface area contributed by atoms with Crippen LogP contribution in [0, 0.1) is 0 Å². The number of methoxy groups -OCH3 is 1. The number of carboxylic acids is 1. The van der Waals surface area contributed by atoms with Crippen LogP contribution < -0.4 is 9.47 Å². The first-order chi connectivity index (χ1) is 9.69. The van der Waals surface area contributed by atoms with Gasteiger partial charge in [0.2, 0.25) is 0 Å². The van der Waals surface area contributed by atoms with E-state index in [1.807, 2.05) is 42.5 Å². The summed E-state index contributed by atoms with van der Waals surface area (Å²) < 4.78 is 11.1. The molecule has 0 aromatic heterocycles. The van der Waals surface area contributed by atoms with Gasteiger partial charge in [-0.05, 0) is 23.8 Å². The fraction of sp³-hybridized carbons (Fsp3) is 0.188. The van der Waals surface area contributed by atoms with Gasteiger partial charge in [-0.2, -0.15) is 0 Å². The van der Waals surface area contributed by atoms with Gasteiger partial charge in [-0.3, -0.25) is 4.79 Å². The molecule has 2 aromatic carbocycles. The lowest BCUT2D eigenvalue weighted by molar-refractivity contribution is -0.138. The van der Waals surface area contributed by atoms with E-state index >= 15 is 0 Å². The van der Waals surface area contributed by atoms with Gasteiger partial charge >= 0.3 is 5.97 Å². The minimum absolute atomic E-state index is 0.0531. The zero-order valence-electron chi connectivity index (χ0n) is 11.0. The average Bonchev–Trinajstić information content (AvgIpc) is 2.46. The van der Waals surface area contributed by atoms with Crippen molar-refractivity contribution in [2.75, 3.05) is 7.11 Å². The van der Waals surface area contributed by atoms with E-state index in [1.54, 1.807) is 7.11 Å². The van der Waals surface area contributed by atoms with Crippen molar-refractivity contribution in [2.45, 2.75) is 12.5 Å². The minimum Gasteiger partial charge on any atom is -0.497 e. The molecule has 4 nitrogen and oxygen atoms in total. The Morgan fingerprint density at radius 3 is 2.80 bits per heavy atom. The third-order valence-corrected chi connectivity index (χ3v) is 3.41. The zero-order chi connectivity index (χ0) is 14.1. The summed E-state index contributed by atoms with van der Waals surface area (Å²) in [6.07, 6.45) is -0.507. The van der Waals surface area contributed by atoms with Gasteiger partial charge in [-0.1, -0.05) is 24.3 Å². The second-order valence-corrected chi connectivity index (χ2v) is 4.65. The number of hydrogen-bond acceptors (Lipinski definition) is 3. The molecule has 1 heterocycles. The minimum atomic E-state index is -0.873. The first-order valence-electron chi connectivity index (χ1n) is 6.35. The smallest absolute Gasteiger partial charge is 0.307 e. The number of fused-ring (bicyclic) bond motifs is 3. The van der Waals surface area contributed by atoms with Crippen molar-refractivity contribution in [3.05, 3.63) is 48.0 Å². The molecule has 1 atom stereocenters. The monoisotopic (exact) mass is 270 g/mol. The van der Waals surface area contributed by atoms with Crippen molar-refractivity contribution in [3.63, 3.8) is 0 Å². The van der Waals surface area contributed by atoms with E-state index in [0.29, 0.717) is 5.75 Å². The maximum Gasteiger partial charge on any atom is 0.307 e. The normalized spacial score (nSPS) is 15.8. The molecular weight excluding hydrogens is 256 g/mol. The standard InChI is InChI=1S/C16H14O4/c1-19-10-6-7-14-13(8-10)11-4-2-3-5-12(11)15(20-14)9-16(17)18/h2-8,15H,9H2,1H3,(H,17,18). The van der Waals surface area contributed by atoms with Crippen LogP contribution in [-0.2, 0) is 4.79 Å². The molecule has 0 spiro atoms. The number of aliphatic carboxylic acids is 1. The highest BCUT2D eigenvalue weighted by Gasteiger charge is 2.27. The van der Waals surface area contributed by atoms with Crippen LogP contribution in [0.25, 0.3) is 11.1 Å². The van der Waals surface area contributed by atoms with Crippen molar-refractivity contribution in [3.8, 4) is 22.6 Å². The number of carbonyl (C=O) groups is 1. The summed E-state index contributed by atoms with van der Waals surface area (Å²) >= 11 is 0. The summed E-state index contributed by atoms with van der Waals surface area (Å²) in [5.41, 5.74) is 2.83. The third kappa shape index (κ3) is 2.09. The maximum absolute atomic E-state index is 11.0. The number of hydrogen-bond donors (Lipinski definition) is 1. The molecule has 1 aliphatic rings. The molecule has 0 amide bonds. The van der Waals surface area contributed by atoms with E-state index in [9.17, 15) is 4.79 Å². The van der Waals surface area contributed by atoms with Crippen LogP contribution in [-0.4, -0.2) is 18.2 Å². The fourth-order valence-corrected chi connectivity index (χ4v) is 2.50. The Kier molecular flexibility index (Phi) is 3.06. The Bertz CT molecular complexity index is 663. The molecule has 20 heavy (non-hydrogen) atoms. The Balaban J connectivity index is 2.12. The largest absolute Gasteiger partial charge is 0.497 e. The Morgan fingerprint density at radius 1 is 1.25 bits per heavy atom. The van der Waals surface area contributed by atoms with Crippen molar-refractivity contribution >= 4 is 5.97 Å². The summed E-state index contributed by atoms with van der Waals surface area (Å²) in [6, 6.07) is 13.2. The molecule has 0 saturated carbocycles. The van der Waals surface area contributed by atoms with E-state index in [-0.39, 0.29) is 6.42 Å². The highest BCUT2D eigenvalue weighted by atomic mass is 16.5. The Morgan fingerprint density at radius 2 is 2.05 bits per heavy atom. The molecule has 4 heteroatoms. The van der Waals surface area contributed by atoms with Crippen molar-refractivity contribution in [2.24, 2.45) is 0 Å². The molecule has 0 saturated heterocycles. The predicted octanol–water partition coefficient (Wildman–Crippen LogP) is 3.27. The highest BCUT2D eigenvalue weighted by molar-refractivity contribution is 5.78. The highest BCUT2D eigenvalue weighted by Crippen LogP contribution is 2.44. The van der Waals surface area contributed by atoms with Gasteiger partial charge in [-0.15, -0.1) is 0 Å². The molecule has 1 unspecified atom stereocenters. The van der Waals surface area contributed by atoms with Gasteiger partial charge in [0.15, 0.2) is 0 Å². The van der Waals surface area contributed by atoms with Gasteiger partial charge in [-0.25, -0.2) is 0 Å². The predicted molar refractivity (Wildman–Crippen MR) is 74.1 cm³/mol. The maximum atomic E-state index is 11.0. The summed E-state index contributed by atoms with van der Waals surface area (Å²) in [5.74, 6) is 0.566. The Labute approximate surface area is 116 Å². The number of rotatable bonds is 3. The molecule has 2 aromatic rings. The van der Waals surface area contributed by atoms with Crippen molar-refractivity contribution in [1.82, 2.24) is 0 Å². The molecule has 0 radical (unpaired) electrons. The van der Waals surface area contributed by atoms with Gasteiger partial charge in [0.1, 0.15) is 17.6 Å². The van der Waals surface area contributed by atoms with Crippen LogP contribution in [0.5, 0.6) is 11.5 Å². The van der Waals surface area contributed by atoms with Crippen molar-refractivity contribution < 1.29 is 19.4 Å². The lowest BCUT2D eigenvalue weighted by Crippen LogP contribution is -2.17. The van der Waals surface area contributed by atoms with Gasteiger partial charge in [0.05, 0.1) is 13.5 Å². The first kappa shape index (κ1) is 12.5. The number of carboxylic acid groups (broad SMARTS) is 1.